The Morgan fingerprint density at radius 3 is 2.79 bits per heavy atom. The molecule has 0 bridgehead atoms. The third kappa shape index (κ3) is 3.71. The summed E-state index contributed by atoms with van der Waals surface area (Å²) >= 11 is 0. The summed E-state index contributed by atoms with van der Waals surface area (Å²) in [4.78, 5) is 0. The van der Waals surface area contributed by atoms with Gasteiger partial charge < -0.3 is 15.2 Å². The van der Waals surface area contributed by atoms with Crippen LogP contribution in [0.15, 0.2) is 18.2 Å². The fourth-order valence-electron chi connectivity index (χ4n) is 2.53. The van der Waals surface area contributed by atoms with Crippen LogP contribution in [0.2, 0.25) is 0 Å². The fraction of sp³-hybridized carbons (Fsp3) is 0.625. The van der Waals surface area contributed by atoms with Crippen LogP contribution in [0.4, 0.5) is 0 Å². The maximum atomic E-state index is 6.00. The second-order valence-electron chi connectivity index (χ2n) is 6.18. The van der Waals surface area contributed by atoms with Gasteiger partial charge in [-0.2, -0.15) is 0 Å². The van der Waals surface area contributed by atoms with E-state index in [9.17, 15) is 0 Å². The summed E-state index contributed by atoms with van der Waals surface area (Å²) in [6.45, 7) is 8.92. The largest absolute Gasteiger partial charge is 0.491 e. The van der Waals surface area contributed by atoms with Gasteiger partial charge >= 0.3 is 0 Å². The average molecular weight is 263 g/mol. The van der Waals surface area contributed by atoms with Crippen LogP contribution in [0.25, 0.3) is 0 Å². The van der Waals surface area contributed by atoms with Crippen molar-refractivity contribution < 1.29 is 9.47 Å². The molecule has 1 aromatic rings. The lowest BCUT2D eigenvalue weighted by molar-refractivity contribution is -0.0327. The highest BCUT2D eigenvalue weighted by atomic mass is 16.6. The van der Waals surface area contributed by atoms with Crippen molar-refractivity contribution in [3.05, 3.63) is 29.3 Å². The SMILES string of the molecule is Cc1ccc(OCC2CCC(C)(C)O2)c([C@@H](C)N)c1. The molecule has 2 atom stereocenters. The maximum Gasteiger partial charge on any atom is 0.124 e. The molecule has 1 aliphatic heterocycles. The van der Waals surface area contributed by atoms with Gasteiger partial charge in [-0.1, -0.05) is 17.7 Å². The fourth-order valence-corrected chi connectivity index (χ4v) is 2.53. The Bertz CT molecular complexity index is 440. The van der Waals surface area contributed by atoms with E-state index in [0.717, 1.165) is 24.2 Å². The first-order chi connectivity index (χ1) is 8.87. The van der Waals surface area contributed by atoms with E-state index in [4.69, 9.17) is 15.2 Å². The Morgan fingerprint density at radius 2 is 2.21 bits per heavy atom. The minimum absolute atomic E-state index is 0.00864. The molecule has 1 heterocycles. The molecule has 1 unspecified atom stereocenters. The molecular weight excluding hydrogens is 238 g/mol. The predicted molar refractivity (Wildman–Crippen MR) is 77.5 cm³/mol. The summed E-state index contributed by atoms with van der Waals surface area (Å²) < 4.78 is 11.9. The van der Waals surface area contributed by atoms with Gasteiger partial charge in [0.2, 0.25) is 0 Å². The minimum Gasteiger partial charge on any atom is -0.491 e. The van der Waals surface area contributed by atoms with Gasteiger partial charge in [0.05, 0.1) is 11.7 Å². The van der Waals surface area contributed by atoms with E-state index in [0.29, 0.717) is 6.61 Å². The van der Waals surface area contributed by atoms with E-state index < -0.39 is 0 Å². The van der Waals surface area contributed by atoms with Crippen molar-refractivity contribution in [1.82, 2.24) is 0 Å². The predicted octanol–water partition coefficient (Wildman–Crippen LogP) is 3.35. The second-order valence-corrected chi connectivity index (χ2v) is 6.18. The number of nitrogens with two attached hydrogens (primary N) is 1. The monoisotopic (exact) mass is 263 g/mol. The zero-order valence-electron chi connectivity index (χ0n) is 12.4. The van der Waals surface area contributed by atoms with Crippen molar-refractivity contribution in [2.75, 3.05) is 6.61 Å². The Balaban J connectivity index is 2.00. The lowest BCUT2D eigenvalue weighted by Gasteiger charge is -2.20. The number of hydrogen-bond donors (Lipinski definition) is 1. The van der Waals surface area contributed by atoms with Gasteiger partial charge in [0.15, 0.2) is 0 Å². The number of benzene rings is 1. The highest BCUT2D eigenvalue weighted by Gasteiger charge is 2.32. The van der Waals surface area contributed by atoms with E-state index in [-0.39, 0.29) is 17.7 Å². The van der Waals surface area contributed by atoms with Crippen molar-refractivity contribution >= 4 is 0 Å². The zero-order valence-corrected chi connectivity index (χ0v) is 12.4. The van der Waals surface area contributed by atoms with Crippen molar-refractivity contribution in [3.8, 4) is 5.75 Å². The summed E-state index contributed by atoms with van der Waals surface area (Å²) in [6.07, 6.45) is 2.35. The Labute approximate surface area is 116 Å². The first kappa shape index (κ1) is 14.4. The molecule has 1 saturated heterocycles. The van der Waals surface area contributed by atoms with Gasteiger partial charge in [-0.3, -0.25) is 0 Å². The maximum absolute atomic E-state index is 6.00. The molecule has 1 aliphatic rings. The minimum atomic E-state index is -0.0177. The van der Waals surface area contributed by atoms with Gasteiger partial charge in [0, 0.05) is 11.6 Å². The van der Waals surface area contributed by atoms with Crippen molar-refractivity contribution in [3.63, 3.8) is 0 Å². The normalized spacial score (nSPS) is 23.3. The molecule has 1 fully saturated rings. The zero-order chi connectivity index (χ0) is 14.0. The first-order valence-electron chi connectivity index (χ1n) is 7.04. The molecule has 2 N–H and O–H groups in total. The molecule has 1 aromatic carbocycles. The Morgan fingerprint density at radius 1 is 1.47 bits per heavy atom. The highest BCUT2D eigenvalue weighted by molar-refractivity contribution is 5.38. The Kier molecular flexibility index (Phi) is 4.16. The first-order valence-corrected chi connectivity index (χ1v) is 7.04. The third-order valence-electron chi connectivity index (χ3n) is 3.63. The summed E-state index contributed by atoms with van der Waals surface area (Å²) in [6, 6.07) is 6.14. The molecule has 0 saturated carbocycles. The van der Waals surface area contributed by atoms with Gasteiger partial charge in [-0.15, -0.1) is 0 Å². The number of hydrogen-bond acceptors (Lipinski definition) is 3. The molecule has 0 aliphatic carbocycles. The molecule has 0 radical (unpaired) electrons. The third-order valence-corrected chi connectivity index (χ3v) is 3.63. The van der Waals surface area contributed by atoms with E-state index in [1.54, 1.807) is 0 Å². The molecule has 3 nitrogen and oxygen atoms in total. The summed E-state index contributed by atoms with van der Waals surface area (Å²) in [5.41, 5.74) is 8.26. The molecule has 3 heteroatoms. The summed E-state index contributed by atoms with van der Waals surface area (Å²) in [5.74, 6) is 0.883. The number of rotatable bonds is 4. The van der Waals surface area contributed by atoms with Crippen molar-refractivity contribution in [1.29, 1.82) is 0 Å². The molecule has 2 rings (SSSR count). The van der Waals surface area contributed by atoms with E-state index in [1.807, 2.05) is 13.0 Å². The molecule has 19 heavy (non-hydrogen) atoms. The van der Waals surface area contributed by atoms with Crippen LogP contribution in [-0.4, -0.2) is 18.3 Å². The van der Waals surface area contributed by atoms with Crippen LogP contribution < -0.4 is 10.5 Å². The van der Waals surface area contributed by atoms with E-state index in [2.05, 4.69) is 32.9 Å². The molecule has 0 amide bonds. The highest BCUT2D eigenvalue weighted by Crippen LogP contribution is 2.31. The molecule has 106 valence electrons. The standard InChI is InChI=1S/C16H25NO2/c1-11-5-6-15(14(9-11)12(2)17)18-10-13-7-8-16(3,4)19-13/h5-6,9,12-13H,7-8,10,17H2,1-4H3/t12-,13?/m1/s1. The summed E-state index contributed by atoms with van der Waals surface area (Å²) in [5, 5.41) is 0. The molecule has 0 aromatic heterocycles. The van der Waals surface area contributed by atoms with Crippen LogP contribution >= 0.6 is 0 Å². The van der Waals surface area contributed by atoms with Gasteiger partial charge in [-0.25, -0.2) is 0 Å². The average Bonchev–Trinajstić information content (AvgIpc) is 2.67. The van der Waals surface area contributed by atoms with Gasteiger partial charge in [0.25, 0.3) is 0 Å². The van der Waals surface area contributed by atoms with E-state index in [1.165, 1.54) is 5.56 Å². The van der Waals surface area contributed by atoms with Gasteiger partial charge in [0.1, 0.15) is 12.4 Å². The Hall–Kier alpha value is -1.06. The van der Waals surface area contributed by atoms with Crippen LogP contribution in [0.5, 0.6) is 5.75 Å². The number of aryl methyl sites for hydroxylation is 1. The van der Waals surface area contributed by atoms with Crippen LogP contribution in [-0.2, 0) is 4.74 Å². The van der Waals surface area contributed by atoms with Crippen LogP contribution in [0.1, 0.15) is 50.8 Å². The summed E-state index contributed by atoms with van der Waals surface area (Å²) in [7, 11) is 0. The number of ether oxygens (including phenoxy) is 2. The van der Waals surface area contributed by atoms with Crippen LogP contribution in [0.3, 0.4) is 0 Å². The second kappa shape index (κ2) is 5.51. The lowest BCUT2D eigenvalue weighted by atomic mass is 10.0. The topological polar surface area (TPSA) is 44.5 Å². The smallest absolute Gasteiger partial charge is 0.124 e. The van der Waals surface area contributed by atoms with Crippen molar-refractivity contribution in [2.24, 2.45) is 5.73 Å². The molecular formula is C16H25NO2. The van der Waals surface area contributed by atoms with E-state index >= 15 is 0 Å². The van der Waals surface area contributed by atoms with Gasteiger partial charge in [-0.05, 0) is 46.6 Å². The van der Waals surface area contributed by atoms with Crippen molar-refractivity contribution in [2.45, 2.75) is 58.3 Å². The molecule has 0 spiro atoms. The quantitative estimate of drug-likeness (QED) is 0.906. The lowest BCUT2D eigenvalue weighted by Crippen LogP contribution is -2.24. The van der Waals surface area contributed by atoms with Crippen LogP contribution in [0, 0.1) is 6.92 Å².